The van der Waals surface area contributed by atoms with Crippen molar-refractivity contribution in [3.63, 3.8) is 0 Å². The molecule has 21 heavy (non-hydrogen) atoms. The predicted octanol–water partition coefficient (Wildman–Crippen LogP) is 3.95. The molecule has 4 heteroatoms. The highest BCUT2D eigenvalue weighted by Gasteiger charge is 2.24. The van der Waals surface area contributed by atoms with E-state index in [0.29, 0.717) is 18.4 Å². The summed E-state index contributed by atoms with van der Waals surface area (Å²) in [7, 11) is 1.24. The minimum atomic E-state index is -0.658. The van der Waals surface area contributed by atoms with E-state index >= 15 is 0 Å². The van der Waals surface area contributed by atoms with E-state index in [4.69, 9.17) is 4.74 Å². The topological polar surface area (TPSA) is 35.5 Å². The zero-order chi connectivity index (χ0) is 15.4. The van der Waals surface area contributed by atoms with Crippen molar-refractivity contribution in [2.45, 2.75) is 45.8 Å². The summed E-state index contributed by atoms with van der Waals surface area (Å²) in [5.41, 5.74) is 0.701. The average molecular weight is 294 g/mol. The van der Waals surface area contributed by atoms with Gasteiger partial charge in [0.25, 0.3) is 0 Å². The summed E-state index contributed by atoms with van der Waals surface area (Å²) in [4.78, 5) is 11.3. The second-order valence-electron chi connectivity index (χ2n) is 6.16. The van der Waals surface area contributed by atoms with E-state index in [-0.39, 0.29) is 11.7 Å². The summed E-state index contributed by atoms with van der Waals surface area (Å²) in [6, 6.07) is 4.51. The standard InChI is InChI=1S/C17H23FO3/c1-11-6-12(2)8-14(7-11)21-10-13-4-5-15(16(18)9-13)17(19)20-3/h4-5,9,11-12,14H,6-8,10H2,1-3H3. The van der Waals surface area contributed by atoms with Crippen LogP contribution in [0.3, 0.4) is 0 Å². The van der Waals surface area contributed by atoms with Gasteiger partial charge in [-0.1, -0.05) is 19.9 Å². The van der Waals surface area contributed by atoms with Gasteiger partial charge in [-0.2, -0.15) is 0 Å². The van der Waals surface area contributed by atoms with Gasteiger partial charge in [-0.3, -0.25) is 0 Å². The van der Waals surface area contributed by atoms with Gasteiger partial charge in [0.15, 0.2) is 0 Å². The third-order valence-electron chi connectivity index (χ3n) is 4.06. The fraction of sp³-hybridized carbons (Fsp3) is 0.588. The Balaban J connectivity index is 1.94. The molecule has 0 saturated heterocycles. The number of halogens is 1. The zero-order valence-corrected chi connectivity index (χ0v) is 12.9. The van der Waals surface area contributed by atoms with Crippen LogP contribution in [-0.2, 0) is 16.1 Å². The fourth-order valence-corrected chi connectivity index (χ4v) is 3.15. The predicted molar refractivity (Wildman–Crippen MR) is 78.5 cm³/mol. The van der Waals surface area contributed by atoms with Crippen LogP contribution in [-0.4, -0.2) is 19.2 Å². The highest BCUT2D eigenvalue weighted by molar-refractivity contribution is 5.89. The summed E-state index contributed by atoms with van der Waals surface area (Å²) >= 11 is 0. The van der Waals surface area contributed by atoms with E-state index < -0.39 is 11.8 Å². The Labute approximate surface area is 125 Å². The summed E-state index contributed by atoms with van der Waals surface area (Å²) in [6.07, 6.45) is 3.62. The van der Waals surface area contributed by atoms with Crippen LogP contribution in [0.2, 0.25) is 0 Å². The molecule has 0 aromatic heterocycles. The molecule has 0 bridgehead atoms. The third kappa shape index (κ3) is 4.27. The van der Waals surface area contributed by atoms with Gasteiger partial charge >= 0.3 is 5.97 Å². The first-order valence-electron chi connectivity index (χ1n) is 7.48. The molecule has 3 nitrogen and oxygen atoms in total. The molecule has 1 aromatic carbocycles. The highest BCUT2D eigenvalue weighted by Crippen LogP contribution is 2.30. The molecule has 1 fully saturated rings. The van der Waals surface area contributed by atoms with Crippen molar-refractivity contribution in [3.05, 3.63) is 35.1 Å². The fourth-order valence-electron chi connectivity index (χ4n) is 3.15. The molecule has 2 atom stereocenters. The van der Waals surface area contributed by atoms with Gasteiger partial charge in [0.05, 0.1) is 25.4 Å². The van der Waals surface area contributed by atoms with Gasteiger partial charge in [0, 0.05) is 0 Å². The number of hydrogen-bond acceptors (Lipinski definition) is 3. The van der Waals surface area contributed by atoms with E-state index in [9.17, 15) is 9.18 Å². The maximum Gasteiger partial charge on any atom is 0.340 e. The molecular weight excluding hydrogens is 271 g/mol. The molecule has 1 aliphatic carbocycles. The van der Waals surface area contributed by atoms with Crippen LogP contribution >= 0.6 is 0 Å². The summed E-state index contributed by atoms with van der Waals surface area (Å²) in [6.45, 7) is 4.87. The Morgan fingerprint density at radius 2 is 1.90 bits per heavy atom. The maximum atomic E-state index is 13.8. The van der Waals surface area contributed by atoms with E-state index in [1.165, 1.54) is 25.7 Å². The minimum absolute atomic E-state index is 0.0406. The molecule has 1 aliphatic rings. The average Bonchev–Trinajstić information content (AvgIpc) is 2.43. The van der Waals surface area contributed by atoms with Crippen LogP contribution in [0.4, 0.5) is 4.39 Å². The first kappa shape index (κ1) is 16.0. The van der Waals surface area contributed by atoms with Crippen LogP contribution in [0.15, 0.2) is 18.2 Å². The molecule has 0 spiro atoms. The van der Waals surface area contributed by atoms with Crippen molar-refractivity contribution < 1.29 is 18.7 Å². The van der Waals surface area contributed by atoms with Crippen LogP contribution in [0.25, 0.3) is 0 Å². The number of carbonyl (C=O) groups excluding carboxylic acids is 1. The zero-order valence-electron chi connectivity index (χ0n) is 12.9. The van der Waals surface area contributed by atoms with Gasteiger partial charge in [0.1, 0.15) is 5.82 Å². The SMILES string of the molecule is COC(=O)c1ccc(COC2CC(C)CC(C)C2)cc1F. The Morgan fingerprint density at radius 1 is 1.24 bits per heavy atom. The van der Waals surface area contributed by atoms with Crippen molar-refractivity contribution in [1.82, 2.24) is 0 Å². The lowest BCUT2D eigenvalue weighted by Crippen LogP contribution is -2.26. The Bertz CT molecular complexity index is 491. The molecule has 1 aromatic rings. The Hall–Kier alpha value is -1.42. The summed E-state index contributed by atoms with van der Waals surface area (Å²) in [5, 5.41) is 0. The molecule has 0 amide bonds. The minimum Gasteiger partial charge on any atom is -0.465 e. The molecular formula is C17H23FO3. The maximum absolute atomic E-state index is 13.8. The Kier molecular flexibility index (Phi) is 5.34. The van der Waals surface area contributed by atoms with E-state index in [0.717, 1.165) is 18.4 Å². The number of carbonyl (C=O) groups is 1. The van der Waals surface area contributed by atoms with Gasteiger partial charge < -0.3 is 9.47 Å². The summed E-state index contributed by atoms with van der Waals surface area (Å²) in [5.74, 6) is 0.137. The second kappa shape index (κ2) is 7.03. The van der Waals surface area contributed by atoms with Gasteiger partial charge in [-0.05, 0) is 48.8 Å². The number of methoxy groups -OCH3 is 1. The second-order valence-corrected chi connectivity index (χ2v) is 6.16. The van der Waals surface area contributed by atoms with Crippen LogP contribution < -0.4 is 0 Å². The number of hydrogen-bond donors (Lipinski definition) is 0. The van der Waals surface area contributed by atoms with Gasteiger partial charge in [-0.15, -0.1) is 0 Å². The molecule has 0 aliphatic heterocycles. The van der Waals surface area contributed by atoms with Crippen molar-refractivity contribution >= 4 is 5.97 Å². The quantitative estimate of drug-likeness (QED) is 0.789. The van der Waals surface area contributed by atoms with Crippen LogP contribution in [0, 0.1) is 17.7 Å². The number of ether oxygens (including phenoxy) is 2. The number of rotatable bonds is 4. The third-order valence-corrected chi connectivity index (χ3v) is 4.06. The number of esters is 1. The van der Waals surface area contributed by atoms with Crippen molar-refractivity contribution in [2.24, 2.45) is 11.8 Å². The molecule has 116 valence electrons. The monoisotopic (exact) mass is 294 g/mol. The first-order valence-corrected chi connectivity index (χ1v) is 7.48. The van der Waals surface area contributed by atoms with Crippen LogP contribution in [0.5, 0.6) is 0 Å². The molecule has 2 unspecified atom stereocenters. The van der Waals surface area contributed by atoms with Crippen molar-refractivity contribution in [3.8, 4) is 0 Å². The number of benzene rings is 1. The largest absolute Gasteiger partial charge is 0.465 e. The van der Waals surface area contributed by atoms with E-state index in [1.807, 2.05) is 0 Å². The molecule has 0 heterocycles. The van der Waals surface area contributed by atoms with E-state index in [2.05, 4.69) is 18.6 Å². The molecule has 0 radical (unpaired) electrons. The Morgan fingerprint density at radius 3 is 2.48 bits per heavy atom. The van der Waals surface area contributed by atoms with Crippen molar-refractivity contribution in [2.75, 3.05) is 7.11 Å². The summed E-state index contributed by atoms with van der Waals surface area (Å²) < 4.78 is 24.3. The molecule has 0 N–H and O–H groups in total. The van der Waals surface area contributed by atoms with Crippen LogP contribution in [0.1, 0.15) is 49.0 Å². The first-order chi connectivity index (χ1) is 9.99. The lowest BCUT2D eigenvalue weighted by molar-refractivity contribution is -0.00926. The molecule has 1 saturated carbocycles. The smallest absolute Gasteiger partial charge is 0.340 e. The van der Waals surface area contributed by atoms with Crippen molar-refractivity contribution in [1.29, 1.82) is 0 Å². The highest BCUT2D eigenvalue weighted by atomic mass is 19.1. The van der Waals surface area contributed by atoms with Gasteiger partial charge in [0.2, 0.25) is 0 Å². The lowest BCUT2D eigenvalue weighted by Gasteiger charge is -2.31. The normalized spacial score (nSPS) is 25.6. The lowest BCUT2D eigenvalue weighted by atomic mass is 9.82. The molecule has 2 rings (SSSR count). The van der Waals surface area contributed by atoms with Gasteiger partial charge in [-0.25, -0.2) is 9.18 Å². The van der Waals surface area contributed by atoms with E-state index in [1.54, 1.807) is 6.07 Å².